The molecule has 1 fully saturated rings. The number of rotatable bonds is 7. The van der Waals surface area contributed by atoms with Crippen LogP contribution >= 0.6 is 0 Å². The monoisotopic (exact) mass is 414 g/mol. The number of amides is 1. The molecule has 1 atom stereocenters. The highest BCUT2D eigenvalue weighted by molar-refractivity contribution is 7.92. The first-order valence-corrected chi connectivity index (χ1v) is 11.6. The van der Waals surface area contributed by atoms with Crippen LogP contribution in [0.2, 0.25) is 0 Å². The Morgan fingerprint density at radius 2 is 1.62 bits per heavy atom. The summed E-state index contributed by atoms with van der Waals surface area (Å²) in [7, 11) is -3.68. The van der Waals surface area contributed by atoms with E-state index in [4.69, 9.17) is 0 Å². The minimum atomic E-state index is -3.68. The molecule has 2 aromatic rings. The quantitative estimate of drug-likeness (QED) is 0.707. The number of hydrogen-bond donors (Lipinski definition) is 2. The van der Waals surface area contributed by atoms with E-state index in [9.17, 15) is 13.2 Å². The summed E-state index contributed by atoms with van der Waals surface area (Å²) in [5, 5.41) is 3.07. The Balaban J connectivity index is 1.79. The molecule has 0 bridgehead atoms. The molecule has 0 aliphatic heterocycles. The highest BCUT2D eigenvalue weighted by Crippen LogP contribution is 2.48. The first-order valence-electron chi connectivity index (χ1n) is 10.1. The molecule has 6 heteroatoms. The van der Waals surface area contributed by atoms with Gasteiger partial charge in [0.05, 0.1) is 10.3 Å². The van der Waals surface area contributed by atoms with Crippen LogP contribution < -0.4 is 10.0 Å². The predicted molar refractivity (Wildman–Crippen MR) is 117 cm³/mol. The van der Waals surface area contributed by atoms with Crippen LogP contribution in [0.3, 0.4) is 0 Å². The van der Waals surface area contributed by atoms with Gasteiger partial charge < -0.3 is 5.32 Å². The number of sulfonamides is 1. The number of benzene rings is 2. The Hall–Kier alpha value is -2.34. The second kappa shape index (κ2) is 7.82. The molecular formula is C23H30N2O3S. The Morgan fingerprint density at radius 3 is 2.17 bits per heavy atom. The fraction of sp³-hybridized carbons (Fsp3) is 0.435. The van der Waals surface area contributed by atoms with Gasteiger partial charge in [0, 0.05) is 11.7 Å². The minimum absolute atomic E-state index is 0.0611. The van der Waals surface area contributed by atoms with Crippen LogP contribution in [0.15, 0.2) is 41.3 Å². The molecule has 1 aliphatic carbocycles. The van der Waals surface area contributed by atoms with Gasteiger partial charge in [-0.3, -0.25) is 9.52 Å². The fourth-order valence-electron chi connectivity index (χ4n) is 3.53. The zero-order valence-corrected chi connectivity index (χ0v) is 18.6. The molecule has 0 saturated heterocycles. The lowest BCUT2D eigenvalue weighted by Gasteiger charge is -2.19. The van der Waals surface area contributed by atoms with Gasteiger partial charge in [0.25, 0.3) is 10.0 Å². The van der Waals surface area contributed by atoms with Crippen LogP contribution in [0.1, 0.15) is 55.4 Å². The van der Waals surface area contributed by atoms with Crippen molar-refractivity contribution >= 4 is 21.6 Å². The van der Waals surface area contributed by atoms with Crippen molar-refractivity contribution in [1.82, 2.24) is 5.32 Å². The number of aryl methyl sites for hydroxylation is 3. The van der Waals surface area contributed by atoms with E-state index < -0.39 is 15.4 Å². The molecule has 3 rings (SSSR count). The second-order valence-electron chi connectivity index (χ2n) is 8.25. The van der Waals surface area contributed by atoms with E-state index in [-0.39, 0.29) is 16.8 Å². The maximum atomic E-state index is 12.9. The van der Waals surface area contributed by atoms with Crippen molar-refractivity contribution in [1.29, 1.82) is 0 Å². The van der Waals surface area contributed by atoms with Crippen LogP contribution in [0.5, 0.6) is 0 Å². The van der Waals surface area contributed by atoms with E-state index in [0.29, 0.717) is 5.69 Å². The Morgan fingerprint density at radius 1 is 1.03 bits per heavy atom. The van der Waals surface area contributed by atoms with Crippen LogP contribution in [-0.2, 0) is 20.2 Å². The summed E-state index contributed by atoms with van der Waals surface area (Å²) >= 11 is 0. The van der Waals surface area contributed by atoms with Crippen molar-refractivity contribution in [3.63, 3.8) is 0 Å². The zero-order valence-electron chi connectivity index (χ0n) is 17.8. The van der Waals surface area contributed by atoms with Gasteiger partial charge in [0.2, 0.25) is 5.91 Å². The normalized spacial score (nSPS) is 16.2. The standard InChI is InChI=1S/C23H30N2O3S/c1-6-18(5)24-22(26)23(11-12-23)19-7-9-20(10-8-19)25-29(27,28)21-14-16(3)15(2)13-17(21)4/h7-10,13-14,18,25H,6,11-12H2,1-5H3,(H,24,26)/t18-/m1/s1. The summed E-state index contributed by atoms with van der Waals surface area (Å²) in [6.45, 7) is 9.72. The SMILES string of the molecule is CC[C@@H](C)NC(=O)C1(c2ccc(NS(=O)(=O)c3cc(C)c(C)cc3C)cc2)CC1. The van der Waals surface area contributed by atoms with Gasteiger partial charge in [-0.25, -0.2) is 8.42 Å². The van der Waals surface area contributed by atoms with Crippen molar-refractivity contribution in [2.24, 2.45) is 0 Å². The number of carbonyl (C=O) groups excluding carboxylic acids is 1. The van der Waals surface area contributed by atoms with Crippen molar-refractivity contribution in [2.75, 3.05) is 4.72 Å². The van der Waals surface area contributed by atoms with Gasteiger partial charge in [0.15, 0.2) is 0 Å². The van der Waals surface area contributed by atoms with Gasteiger partial charge in [-0.2, -0.15) is 0 Å². The topological polar surface area (TPSA) is 75.3 Å². The molecule has 0 aromatic heterocycles. The Bertz CT molecular complexity index is 1020. The van der Waals surface area contributed by atoms with Crippen LogP contribution in [0, 0.1) is 20.8 Å². The van der Waals surface area contributed by atoms with Crippen molar-refractivity contribution in [2.45, 2.75) is 70.2 Å². The summed E-state index contributed by atoms with van der Waals surface area (Å²) in [4.78, 5) is 13.0. The zero-order chi connectivity index (χ0) is 21.4. The van der Waals surface area contributed by atoms with Gasteiger partial charge in [-0.05, 0) is 87.4 Å². The number of carbonyl (C=O) groups is 1. The smallest absolute Gasteiger partial charge is 0.262 e. The Kier molecular flexibility index (Phi) is 5.77. The lowest BCUT2D eigenvalue weighted by molar-refractivity contribution is -0.124. The molecular weight excluding hydrogens is 384 g/mol. The molecule has 0 spiro atoms. The summed E-state index contributed by atoms with van der Waals surface area (Å²) in [5.74, 6) is 0.0611. The highest BCUT2D eigenvalue weighted by atomic mass is 32.2. The van der Waals surface area contributed by atoms with E-state index >= 15 is 0 Å². The van der Waals surface area contributed by atoms with Crippen LogP contribution in [0.25, 0.3) is 0 Å². The van der Waals surface area contributed by atoms with Crippen molar-refractivity contribution < 1.29 is 13.2 Å². The molecule has 1 amide bonds. The molecule has 1 aliphatic rings. The number of anilines is 1. The maximum Gasteiger partial charge on any atom is 0.262 e. The number of nitrogens with one attached hydrogen (secondary N) is 2. The average Bonchev–Trinajstić information content (AvgIpc) is 3.46. The minimum Gasteiger partial charge on any atom is -0.353 e. The molecule has 156 valence electrons. The maximum absolute atomic E-state index is 12.9. The summed E-state index contributed by atoms with van der Waals surface area (Å²) < 4.78 is 28.4. The largest absolute Gasteiger partial charge is 0.353 e. The molecule has 2 N–H and O–H groups in total. The van der Waals surface area contributed by atoms with Gasteiger partial charge in [-0.15, -0.1) is 0 Å². The van der Waals surface area contributed by atoms with E-state index in [1.165, 1.54) is 0 Å². The molecule has 5 nitrogen and oxygen atoms in total. The van der Waals surface area contributed by atoms with Crippen molar-refractivity contribution in [3.05, 3.63) is 58.7 Å². The first-order chi connectivity index (χ1) is 13.6. The van der Waals surface area contributed by atoms with E-state index in [2.05, 4.69) is 10.0 Å². The third-order valence-corrected chi connectivity index (χ3v) is 7.47. The Labute approximate surface area is 174 Å². The van der Waals surface area contributed by atoms with Gasteiger partial charge in [-0.1, -0.05) is 25.1 Å². The van der Waals surface area contributed by atoms with E-state index in [1.54, 1.807) is 25.1 Å². The molecule has 2 aromatic carbocycles. The summed E-state index contributed by atoms with van der Waals surface area (Å²) in [5.41, 5.74) is 3.68. The predicted octanol–water partition coefficient (Wildman–Crippen LogP) is 4.36. The number of hydrogen-bond acceptors (Lipinski definition) is 3. The molecule has 0 unspecified atom stereocenters. The van der Waals surface area contributed by atoms with Crippen molar-refractivity contribution in [3.8, 4) is 0 Å². The van der Waals surface area contributed by atoms with Crippen LogP contribution in [0.4, 0.5) is 5.69 Å². The third kappa shape index (κ3) is 4.32. The average molecular weight is 415 g/mol. The highest BCUT2D eigenvalue weighted by Gasteiger charge is 2.51. The summed E-state index contributed by atoms with van der Waals surface area (Å²) in [6, 6.07) is 10.9. The van der Waals surface area contributed by atoms with Gasteiger partial charge >= 0.3 is 0 Å². The molecule has 1 saturated carbocycles. The van der Waals surface area contributed by atoms with E-state index in [1.807, 2.05) is 45.9 Å². The summed E-state index contributed by atoms with van der Waals surface area (Å²) in [6.07, 6.45) is 2.53. The molecule has 0 heterocycles. The van der Waals surface area contributed by atoms with Gasteiger partial charge in [0.1, 0.15) is 0 Å². The fourth-order valence-corrected chi connectivity index (χ4v) is 4.90. The third-order valence-electron chi connectivity index (χ3n) is 5.95. The molecule has 0 radical (unpaired) electrons. The van der Waals surface area contributed by atoms with Crippen LogP contribution in [-0.4, -0.2) is 20.4 Å². The lowest BCUT2D eigenvalue weighted by atomic mass is 9.94. The molecule has 29 heavy (non-hydrogen) atoms. The second-order valence-corrected chi connectivity index (χ2v) is 9.90. The lowest BCUT2D eigenvalue weighted by Crippen LogP contribution is -2.39. The first kappa shape index (κ1) is 21.4. The van der Waals surface area contributed by atoms with E-state index in [0.717, 1.165) is 41.5 Å².